The van der Waals surface area contributed by atoms with Crippen molar-refractivity contribution in [2.45, 2.75) is 32.2 Å². The van der Waals surface area contributed by atoms with E-state index < -0.39 is 0 Å². The van der Waals surface area contributed by atoms with E-state index in [0.717, 1.165) is 25.8 Å². The standard InChI is InChI=1S/C10H18ClNO2/c1-2-14-10(13)8-4-6-12-9(7-8)3-5-11/h8-9,12H,2-7H2,1H3. The van der Waals surface area contributed by atoms with E-state index in [4.69, 9.17) is 16.3 Å². The van der Waals surface area contributed by atoms with Gasteiger partial charge < -0.3 is 10.1 Å². The Hall–Kier alpha value is -0.280. The summed E-state index contributed by atoms with van der Waals surface area (Å²) in [7, 11) is 0. The van der Waals surface area contributed by atoms with Crippen LogP contribution in [-0.2, 0) is 9.53 Å². The molecule has 2 atom stereocenters. The van der Waals surface area contributed by atoms with Gasteiger partial charge in [-0.1, -0.05) is 0 Å². The summed E-state index contributed by atoms with van der Waals surface area (Å²) in [6.07, 6.45) is 2.68. The maximum absolute atomic E-state index is 11.5. The minimum atomic E-state index is -0.0476. The average Bonchev–Trinajstić information content (AvgIpc) is 2.19. The highest BCUT2D eigenvalue weighted by molar-refractivity contribution is 6.17. The molecule has 1 fully saturated rings. The number of hydrogen-bond donors (Lipinski definition) is 1. The van der Waals surface area contributed by atoms with Crippen LogP contribution in [0.5, 0.6) is 0 Å². The first-order valence-corrected chi connectivity index (χ1v) is 5.77. The number of carbonyl (C=O) groups is 1. The number of carbonyl (C=O) groups excluding carboxylic acids is 1. The Kier molecular flexibility index (Phi) is 5.26. The zero-order valence-electron chi connectivity index (χ0n) is 8.59. The van der Waals surface area contributed by atoms with Gasteiger partial charge in [-0.3, -0.25) is 4.79 Å². The molecule has 1 heterocycles. The van der Waals surface area contributed by atoms with Crippen LogP contribution in [0.3, 0.4) is 0 Å². The minimum absolute atomic E-state index is 0.0476. The van der Waals surface area contributed by atoms with Crippen LogP contribution in [0.4, 0.5) is 0 Å². The summed E-state index contributed by atoms with van der Waals surface area (Å²) in [5.41, 5.74) is 0. The van der Waals surface area contributed by atoms with Gasteiger partial charge in [0.15, 0.2) is 0 Å². The molecule has 1 N–H and O–H groups in total. The van der Waals surface area contributed by atoms with E-state index in [1.807, 2.05) is 6.92 Å². The second-order valence-electron chi connectivity index (χ2n) is 3.60. The molecule has 0 aromatic carbocycles. The predicted molar refractivity (Wildman–Crippen MR) is 56.5 cm³/mol. The van der Waals surface area contributed by atoms with Gasteiger partial charge in [0.1, 0.15) is 0 Å². The van der Waals surface area contributed by atoms with Crippen LogP contribution >= 0.6 is 11.6 Å². The average molecular weight is 220 g/mol. The summed E-state index contributed by atoms with van der Waals surface area (Å²) < 4.78 is 5.01. The lowest BCUT2D eigenvalue weighted by atomic mass is 9.91. The molecule has 0 spiro atoms. The maximum atomic E-state index is 11.5. The molecule has 14 heavy (non-hydrogen) atoms. The molecule has 1 rings (SSSR count). The smallest absolute Gasteiger partial charge is 0.309 e. The Morgan fingerprint density at radius 3 is 3.07 bits per heavy atom. The van der Waals surface area contributed by atoms with E-state index in [2.05, 4.69) is 5.32 Å². The summed E-state index contributed by atoms with van der Waals surface area (Å²) in [5.74, 6) is 0.672. The molecule has 4 heteroatoms. The van der Waals surface area contributed by atoms with Crippen LogP contribution < -0.4 is 5.32 Å². The Balaban J connectivity index is 2.35. The van der Waals surface area contributed by atoms with Gasteiger partial charge in [-0.05, 0) is 32.7 Å². The van der Waals surface area contributed by atoms with Gasteiger partial charge in [0, 0.05) is 11.9 Å². The van der Waals surface area contributed by atoms with E-state index >= 15 is 0 Å². The number of nitrogens with one attached hydrogen (secondary N) is 1. The molecule has 3 nitrogen and oxygen atoms in total. The third kappa shape index (κ3) is 3.46. The molecule has 0 aromatic rings. The molecule has 1 saturated heterocycles. The lowest BCUT2D eigenvalue weighted by molar-refractivity contribution is -0.149. The molecule has 0 saturated carbocycles. The predicted octanol–water partition coefficient (Wildman–Crippen LogP) is 1.55. The lowest BCUT2D eigenvalue weighted by Crippen LogP contribution is -2.41. The molecule has 0 aromatic heterocycles. The van der Waals surface area contributed by atoms with Crippen molar-refractivity contribution in [1.82, 2.24) is 5.32 Å². The monoisotopic (exact) mass is 219 g/mol. The van der Waals surface area contributed by atoms with Crippen molar-refractivity contribution in [2.24, 2.45) is 5.92 Å². The molecule has 1 aliphatic heterocycles. The number of ether oxygens (including phenoxy) is 1. The molecule has 1 aliphatic rings. The summed E-state index contributed by atoms with van der Waals surface area (Å²) in [4.78, 5) is 11.5. The summed E-state index contributed by atoms with van der Waals surface area (Å²) in [6, 6.07) is 0.385. The fraction of sp³-hybridized carbons (Fsp3) is 0.900. The van der Waals surface area contributed by atoms with Gasteiger partial charge in [0.2, 0.25) is 0 Å². The van der Waals surface area contributed by atoms with E-state index in [-0.39, 0.29) is 11.9 Å². The largest absolute Gasteiger partial charge is 0.466 e. The third-order valence-electron chi connectivity index (χ3n) is 2.57. The first-order valence-electron chi connectivity index (χ1n) is 5.24. The SMILES string of the molecule is CCOC(=O)C1CCNC(CCCl)C1. The van der Waals surface area contributed by atoms with Crippen molar-refractivity contribution >= 4 is 17.6 Å². The zero-order valence-corrected chi connectivity index (χ0v) is 9.35. The molecular formula is C10H18ClNO2. The molecular weight excluding hydrogens is 202 g/mol. The third-order valence-corrected chi connectivity index (χ3v) is 2.79. The summed E-state index contributed by atoms with van der Waals surface area (Å²) >= 11 is 5.67. The Morgan fingerprint density at radius 1 is 1.64 bits per heavy atom. The normalized spacial score (nSPS) is 27.3. The lowest BCUT2D eigenvalue weighted by Gasteiger charge is -2.28. The topological polar surface area (TPSA) is 38.3 Å². The van der Waals surface area contributed by atoms with E-state index in [1.54, 1.807) is 0 Å². The van der Waals surface area contributed by atoms with Crippen LogP contribution in [0.15, 0.2) is 0 Å². The second-order valence-corrected chi connectivity index (χ2v) is 3.98. The Labute approximate surface area is 90.1 Å². The van der Waals surface area contributed by atoms with Crippen LogP contribution in [0.1, 0.15) is 26.2 Å². The van der Waals surface area contributed by atoms with Gasteiger partial charge in [0.05, 0.1) is 12.5 Å². The molecule has 0 aliphatic carbocycles. The van der Waals surface area contributed by atoms with Gasteiger partial charge in [0.25, 0.3) is 0 Å². The minimum Gasteiger partial charge on any atom is -0.466 e. The molecule has 0 radical (unpaired) electrons. The van der Waals surface area contributed by atoms with Crippen LogP contribution in [0.25, 0.3) is 0 Å². The first kappa shape index (κ1) is 11.8. The number of rotatable bonds is 4. The maximum Gasteiger partial charge on any atom is 0.309 e. The number of hydrogen-bond acceptors (Lipinski definition) is 3. The first-order chi connectivity index (χ1) is 6.77. The highest BCUT2D eigenvalue weighted by Gasteiger charge is 2.27. The van der Waals surface area contributed by atoms with Gasteiger partial charge in [-0.2, -0.15) is 0 Å². The Bertz CT molecular complexity index is 185. The number of alkyl halides is 1. The highest BCUT2D eigenvalue weighted by atomic mass is 35.5. The van der Waals surface area contributed by atoms with Crippen molar-refractivity contribution in [1.29, 1.82) is 0 Å². The molecule has 0 bridgehead atoms. The number of piperidine rings is 1. The van der Waals surface area contributed by atoms with Crippen molar-refractivity contribution in [3.05, 3.63) is 0 Å². The zero-order chi connectivity index (χ0) is 10.4. The molecule has 2 unspecified atom stereocenters. The quantitative estimate of drug-likeness (QED) is 0.576. The van der Waals surface area contributed by atoms with Crippen LogP contribution in [-0.4, -0.2) is 31.0 Å². The van der Waals surface area contributed by atoms with Crippen molar-refractivity contribution in [2.75, 3.05) is 19.0 Å². The summed E-state index contributed by atoms with van der Waals surface area (Å²) in [6.45, 7) is 3.21. The van der Waals surface area contributed by atoms with Gasteiger partial charge >= 0.3 is 5.97 Å². The molecule has 82 valence electrons. The van der Waals surface area contributed by atoms with Gasteiger partial charge in [-0.25, -0.2) is 0 Å². The second kappa shape index (κ2) is 6.25. The fourth-order valence-electron chi connectivity index (χ4n) is 1.83. The molecule has 0 amide bonds. The Morgan fingerprint density at radius 2 is 2.43 bits per heavy atom. The van der Waals surface area contributed by atoms with Crippen LogP contribution in [0, 0.1) is 5.92 Å². The number of esters is 1. The van der Waals surface area contributed by atoms with Crippen LogP contribution in [0.2, 0.25) is 0 Å². The highest BCUT2D eigenvalue weighted by Crippen LogP contribution is 2.19. The van der Waals surface area contributed by atoms with E-state index in [0.29, 0.717) is 18.5 Å². The van der Waals surface area contributed by atoms with Crippen molar-refractivity contribution in [3.63, 3.8) is 0 Å². The fourth-order valence-corrected chi connectivity index (χ4v) is 2.10. The van der Waals surface area contributed by atoms with Crippen molar-refractivity contribution < 1.29 is 9.53 Å². The van der Waals surface area contributed by atoms with E-state index in [9.17, 15) is 4.79 Å². The van der Waals surface area contributed by atoms with Gasteiger partial charge in [-0.15, -0.1) is 11.6 Å². The van der Waals surface area contributed by atoms with E-state index in [1.165, 1.54) is 0 Å². The summed E-state index contributed by atoms with van der Waals surface area (Å²) in [5, 5.41) is 3.35. The number of halogens is 1. The van der Waals surface area contributed by atoms with Crippen molar-refractivity contribution in [3.8, 4) is 0 Å².